The summed E-state index contributed by atoms with van der Waals surface area (Å²) >= 11 is 0. The normalized spacial score (nSPS) is 11.9. The third kappa shape index (κ3) is 3.44. The van der Waals surface area contributed by atoms with Crippen molar-refractivity contribution in [3.8, 4) is 11.4 Å². The molecule has 6 nitrogen and oxygen atoms in total. The second-order valence-electron chi connectivity index (χ2n) is 4.95. The summed E-state index contributed by atoms with van der Waals surface area (Å²) in [5.41, 5.74) is 2.11. The van der Waals surface area contributed by atoms with E-state index < -0.39 is 6.04 Å². The van der Waals surface area contributed by atoms with Crippen molar-refractivity contribution in [3.05, 3.63) is 72.1 Å². The maximum atomic E-state index is 12.3. The van der Waals surface area contributed by atoms with E-state index in [1.165, 1.54) is 6.39 Å². The van der Waals surface area contributed by atoms with E-state index in [0.29, 0.717) is 11.4 Å². The van der Waals surface area contributed by atoms with Gasteiger partial charge in [0.15, 0.2) is 0 Å². The summed E-state index contributed by atoms with van der Waals surface area (Å²) in [5, 5.41) is 16.1. The Morgan fingerprint density at radius 2 is 1.87 bits per heavy atom. The van der Waals surface area contributed by atoms with Crippen LogP contribution >= 0.6 is 0 Å². The van der Waals surface area contributed by atoms with Gasteiger partial charge in [-0.15, -0.1) is 0 Å². The van der Waals surface area contributed by atoms with Gasteiger partial charge in [-0.05, 0) is 17.7 Å². The summed E-state index contributed by atoms with van der Waals surface area (Å²) in [7, 11) is 0. The lowest BCUT2D eigenvalue weighted by Crippen LogP contribution is -2.30. The van der Waals surface area contributed by atoms with Crippen molar-refractivity contribution >= 4 is 5.91 Å². The van der Waals surface area contributed by atoms with Crippen molar-refractivity contribution in [1.82, 2.24) is 15.5 Å². The van der Waals surface area contributed by atoms with Crippen LogP contribution in [-0.4, -0.2) is 27.8 Å². The molecule has 1 amide bonds. The maximum Gasteiger partial charge on any atom is 0.251 e. The van der Waals surface area contributed by atoms with E-state index >= 15 is 0 Å². The molecule has 0 spiro atoms. The molecular weight excluding hydrogens is 294 g/mol. The van der Waals surface area contributed by atoms with E-state index in [9.17, 15) is 9.90 Å². The summed E-state index contributed by atoms with van der Waals surface area (Å²) < 4.78 is 4.69. The second-order valence-corrected chi connectivity index (χ2v) is 4.95. The highest BCUT2D eigenvalue weighted by molar-refractivity contribution is 5.94. The Morgan fingerprint density at radius 1 is 1.13 bits per heavy atom. The number of aromatic nitrogens is 2. The highest BCUT2D eigenvalue weighted by Crippen LogP contribution is 2.16. The fourth-order valence-corrected chi connectivity index (χ4v) is 2.23. The van der Waals surface area contributed by atoms with Crippen LogP contribution in [0.2, 0.25) is 0 Å². The summed E-state index contributed by atoms with van der Waals surface area (Å²) in [6, 6.07) is 15.7. The topological polar surface area (TPSA) is 88.2 Å². The average Bonchev–Trinajstić information content (AvgIpc) is 3.15. The van der Waals surface area contributed by atoms with Gasteiger partial charge in [0, 0.05) is 11.1 Å². The molecule has 2 aromatic carbocycles. The number of carbonyl (C=O) groups excluding carboxylic acids is 1. The number of aliphatic hydroxyl groups is 1. The molecular formula is C17H15N3O3. The third-order valence-corrected chi connectivity index (χ3v) is 3.46. The molecule has 1 heterocycles. The highest BCUT2D eigenvalue weighted by atomic mass is 16.5. The molecule has 0 unspecified atom stereocenters. The first-order valence-electron chi connectivity index (χ1n) is 7.11. The van der Waals surface area contributed by atoms with Crippen molar-refractivity contribution in [3.63, 3.8) is 0 Å². The Labute approximate surface area is 132 Å². The molecule has 2 N–H and O–H groups in total. The molecule has 0 aliphatic carbocycles. The quantitative estimate of drug-likeness (QED) is 0.754. The van der Waals surface area contributed by atoms with Crippen LogP contribution in [0.25, 0.3) is 11.4 Å². The Bertz CT molecular complexity index is 756. The molecule has 0 fully saturated rings. The Balaban J connectivity index is 1.72. The lowest BCUT2D eigenvalue weighted by Gasteiger charge is -2.16. The maximum absolute atomic E-state index is 12.3. The predicted molar refractivity (Wildman–Crippen MR) is 83.5 cm³/mol. The Hall–Kier alpha value is -2.99. The van der Waals surface area contributed by atoms with Gasteiger partial charge in [-0.2, -0.15) is 4.98 Å². The fraction of sp³-hybridized carbons (Fsp3) is 0.118. The van der Waals surface area contributed by atoms with E-state index in [1.807, 2.05) is 30.3 Å². The van der Waals surface area contributed by atoms with Crippen LogP contribution in [0, 0.1) is 0 Å². The third-order valence-electron chi connectivity index (χ3n) is 3.46. The summed E-state index contributed by atoms with van der Waals surface area (Å²) in [5.74, 6) is 0.210. The zero-order chi connectivity index (χ0) is 16.1. The zero-order valence-electron chi connectivity index (χ0n) is 12.2. The first-order chi connectivity index (χ1) is 11.3. The van der Waals surface area contributed by atoms with Gasteiger partial charge in [0.05, 0.1) is 12.6 Å². The molecule has 0 aliphatic heterocycles. The standard InChI is InChI=1S/C17H15N3O3/c21-10-15(12-4-2-1-3-5-12)19-17(22)14-8-6-13(7-9-14)16-18-11-23-20-16/h1-9,11,15,21H,10H2,(H,19,22)/t15-/m1/s1. The molecule has 0 saturated carbocycles. The van der Waals surface area contributed by atoms with E-state index in [-0.39, 0.29) is 12.5 Å². The number of benzene rings is 2. The van der Waals surface area contributed by atoms with Crippen molar-refractivity contribution < 1.29 is 14.4 Å². The Morgan fingerprint density at radius 3 is 2.48 bits per heavy atom. The molecule has 6 heteroatoms. The van der Waals surface area contributed by atoms with Crippen LogP contribution < -0.4 is 5.32 Å². The lowest BCUT2D eigenvalue weighted by atomic mass is 10.1. The van der Waals surface area contributed by atoms with E-state index in [0.717, 1.165) is 11.1 Å². The van der Waals surface area contributed by atoms with E-state index in [2.05, 4.69) is 15.5 Å². The van der Waals surface area contributed by atoms with Crippen LogP contribution in [0.1, 0.15) is 22.0 Å². The van der Waals surface area contributed by atoms with Crippen molar-refractivity contribution in [2.24, 2.45) is 0 Å². The van der Waals surface area contributed by atoms with E-state index in [4.69, 9.17) is 4.52 Å². The molecule has 0 radical (unpaired) electrons. The number of aliphatic hydroxyl groups excluding tert-OH is 1. The number of amides is 1. The molecule has 1 atom stereocenters. The van der Waals surface area contributed by atoms with Crippen LogP contribution in [0.15, 0.2) is 65.5 Å². The molecule has 1 aromatic heterocycles. The first kappa shape index (κ1) is 14.9. The number of rotatable bonds is 5. The summed E-state index contributed by atoms with van der Waals surface area (Å²) in [6.45, 7) is -0.170. The summed E-state index contributed by atoms with van der Waals surface area (Å²) in [4.78, 5) is 16.3. The summed E-state index contributed by atoms with van der Waals surface area (Å²) in [6.07, 6.45) is 1.25. The molecule has 116 valence electrons. The smallest absolute Gasteiger partial charge is 0.251 e. The zero-order valence-corrected chi connectivity index (χ0v) is 12.2. The van der Waals surface area contributed by atoms with Crippen LogP contribution in [-0.2, 0) is 0 Å². The second kappa shape index (κ2) is 6.85. The van der Waals surface area contributed by atoms with Gasteiger partial charge in [-0.1, -0.05) is 47.6 Å². The number of nitrogens with zero attached hydrogens (tertiary/aromatic N) is 2. The van der Waals surface area contributed by atoms with Gasteiger partial charge in [0.25, 0.3) is 5.91 Å². The lowest BCUT2D eigenvalue weighted by molar-refractivity contribution is 0.0916. The molecule has 0 saturated heterocycles. The van der Waals surface area contributed by atoms with Gasteiger partial charge in [-0.25, -0.2) is 0 Å². The minimum Gasteiger partial charge on any atom is -0.394 e. The van der Waals surface area contributed by atoms with Crippen molar-refractivity contribution in [2.45, 2.75) is 6.04 Å². The van der Waals surface area contributed by atoms with Gasteiger partial charge in [0.1, 0.15) is 0 Å². The molecule has 3 aromatic rings. The van der Waals surface area contributed by atoms with Crippen LogP contribution in [0.4, 0.5) is 0 Å². The minimum absolute atomic E-state index is 0.170. The number of nitrogens with one attached hydrogen (secondary N) is 1. The average molecular weight is 309 g/mol. The van der Waals surface area contributed by atoms with Gasteiger partial charge in [0.2, 0.25) is 12.2 Å². The number of hydrogen-bond acceptors (Lipinski definition) is 5. The van der Waals surface area contributed by atoms with Crippen molar-refractivity contribution in [2.75, 3.05) is 6.61 Å². The van der Waals surface area contributed by atoms with Gasteiger partial charge in [-0.3, -0.25) is 4.79 Å². The van der Waals surface area contributed by atoms with E-state index in [1.54, 1.807) is 24.3 Å². The highest BCUT2D eigenvalue weighted by Gasteiger charge is 2.15. The van der Waals surface area contributed by atoms with Crippen molar-refractivity contribution in [1.29, 1.82) is 0 Å². The number of hydrogen-bond donors (Lipinski definition) is 2. The van der Waals surface area contributed by atoms with Crippen LogP contribution in [0.3, 0.4) is 0 Å². The minimum atomic E-state index is -0.444. The van der Waals surface area contributed by atoms with Crippen LogP contribution in [0.5, 0.6) is 0 Å². The van der Waals surface area contributed by atoms with Gasteiger partial charge >= 0.3 is 0 Å². The number of carbonyl (C=O) groups is 1. The largest absolute Gasteiger partial charge is 0.394 e. The Kier molecular flexibility index (Phi) is 4.44. The molecule has 0 bridgehead atoms. The SMILES string of the molecule is O=C(N[C@H](CO)c1ccccc1)c1ccc(-c2ncon2)cc1. The van der Waals surface area contributed by atoms with Gasteiger partial charge < -0.3 is 14.9 Å². The molecule has 23 heavy (non-hydrogen) atoms. The molecule has 3 rings (SSSR count). The molecule has 0 aliphatic rings. The first-order valence-corrected chi connectivity index (χ1v) is 7.11. The fourth-order valence-electron chi connectivity index (χ4n) is 2.23. The predicted octanol–water partition coefficient (Wildman–Crippen LogP) is 2.20. The monoisotopic (exact) mass is 309 g/mol.